The highest BCUT2D eigenvalue weighted by molar-refractivity contribution is 7.54. The maximum Gasteiger partial charge on any atom is 0.380 e. The van der Waals surface area contributed by atoms with Gasteiger partial charge < -0.3 is 19.1 Å². The van der Waals surface area contributed by atoms with Gasteiger partial charge in [-0.25, -0.2) is 9.36 Å². The first kappa shape index (κ1) is 27.9. The second-order valence-electron chi connectivity index (χ2n) is 9.27. The monoisotopic (exact) mass is 524 g/mol. The van der Waals surface area contributed by atoms with Crippen molar-refractivity contribution in [1.82, 2.24) is 9.55 Å². The maximum absolute atomic E-state index is 13.7. The lowest BCUT2D eigenvalue weighted by molar-refractivity contribution is -0.151. The Labute approximate surface area is 208 Å². The van der Waals surface area contributed by atoms with Crippen LogP contribution < -0.4 is 15.8 Å². The standard InChI is InChI=1S/C24H33N2O9P/c1-14(2)33-23(29)16(4)13-36(31,35-18-9-7-6-8-10-18)32-12-19-20(27)17(5)22(34-19)26-11-15(3)21(28)25-24(26)30/h6-11,14,16-17,19-20,22,27H,12-13H2,1-5H3,(H,25,28,30)/t16-,17-,19+,20?,22+,36-/m1/s1. The molecule has 3 rings (SSSR count). The maximum atomic E-state index is 13.7. The molecule has 36 heavy (non-hydrogen) atoms. The molecule has 12 heteroatoms. The Hall–Kier alpha value is -2.72. The molecule has 1 aliphatic rings. The van der Waals surface area contributed by atoms with Gasteiger partial charge in [0, 0.05) is 17.7 Å². The van der Waals surface area contributed by atoms with E-state index in [0.717, 1.165) is 0 Å². The van der Waals surface area contributed by atoms with E-state index in [1.807, 2.05) is 0 Å². The Bertz CT molecular complexity index is 1210. The number of aromatic amines is 1. The Kier molecular flexibility index (Phi) is 8.94. The first-order chi connectivity index (χ1) is 16.9. The van der Waals surface area contributed by atoms with E-state index < -0.39 is 55.1 Å². The average Bonchev–Trinajstić information content (AvgIpc) is 3.08. The molecule has 11 nitrogen and oxygen atoms in total. The van der Waals surface area contributed by atoms with Crippen LogP contribution in [0.4, 0.5) is 0 Å². The van der Waals surface area contributed by atoms with Gasteiger partial charge in [0.05, 0.1) is 30.9 Å². The van der Waals surface area contributed by atoms with Crippen LogP contribution in [0.1, 0.15) is 39.5 Å². The number of hydrogen-bond acceptors (Lipinski definition) is 9. The van der Waals surface area contributed by atoms with Crippen LogP contribution in [0.25, 0.3) is 0 Å². The topological polar surface area (TPSA) is 146 Å². The summed E-state index contributed by atoms with van der Waals surface area (Å²) in [5, 5.41) is 10.8. The van der Waals surface area contributed by atoms with Crippen LogP contribution in [0.15, 0.2) is 46.1 Å². The molecular weight excluding hydrogens is 491 g/mol. The van der Waals surface area contributed by atoms with E-state index in [-0.39, 0.29) is 18.9 Å². The molecule has 198 valence electrons. The summed E-state index contributed by atoms with van der Waals surface area (Å²) in [6, 6.07) is 8.40. The van der Waals surface area contributed by atoms with Crippen molar-refractivity contribution in [2.45, 2.75) is 59.2 Å². The van der Waals surface area contributed by atoms with Gasteiger partial charge in [-0.3, -0.25) is 23.7 Å². The number of benzene rings is 1. The van der Waals surface area contributed by atoms with Gasteiger partial charge in [0.2, 0.25) is 0 Å². The van der Waals surface area contributed by atoms with Gasteiger partial charge in [-0.15, -0.1) is 0 Å². The second-order valence-corrected chi connectivity index (χ2v) is 11.3. The number of H-pyrrole nitrogens is 1. The fourth-order valence-electron chi connectivity index (χ4n) is 3.83. The molecule has 1 fully saturated rings. The Morgan fingerprint density at radius 3 is 2.53 bits per heavy atom. The highest BCUT2D eigenvalue weighted by Crippen LogP contribution is 2.51. The van der Waals surface area contributed by atoms with Crippen molar-refractivity contribution >= 4 is 13.6 Å². The molecule has 0 saturated carbocycles. The molecule has 1 saturated heterocycles. The molecule has 0 spiro atoms. The van der Waals surface area contributed by atoms with Crippen molar-refractivity contribution in [2.75, 3.05) is 12.8 Å². The predicted octanol–water partition coefficient (Wildman–Crippen LogP) is 2.62. The van der Waals surface area contributed by atoms with Crippen molar-refractivity contribution in [3.8, 4) is 5.75 Å². The molecule has 6 atom stereocenters. The lowest BCUT2D eigenvalue weighted by Crippen LogP contribution is -2.35. The molecule has 1 unspecified atom stereocenters. The van der Waals surface area contributed by atoms with E-state index in [1.165, 1.54) is 10.8 Å². The van der Waals surface area contributed by atoms with Crippen LogP contribution in [0, 0.1) is 18.8 Å². The number of aromatic nitrogens is 2. The zero-order chi connectivity index (χ0) is 26.6. The lowest BCUT2D eigenvalue weighted by atomic mass is 10.0. The molecular formula is C24H33N2O9P. The molecule has 2 N–H and O–H groups in total. The number of rotatable bonds is 10. The number of esters is 1. The molecule has 2 heterocycles. The SMILES string of the molecule is Cc1cn([C@H]2O[C@@H](CO[P@](=O)(C[C@@H](C)C(=O)OC(C)C)Oc3ccccc3)C(O)[C@H]2C)c(=O)[nH]c1=O. The minimum Gasteiger partial charge on any atom is -0.463 e. The van der Waals surface area contributed by atoms with E-state index >= 15 is 0 Å². The van der Waals surface area contributed by atoms with Crippen LogP contribution in [-0.4, -0.2) is 51.7 Å². The fourth-order valence-corrected chi connectivity index (χ4v) is 5.70. The van der Waals surface area contributed by atoms with Gasteiger partial charge in [0.15, 0.2) is 0 Å². The summed E-state index contributed by atoms with van der Waals surface area (Å²) in [5.74, 6) is -1.58. The smallest absolute Gasteiger partial charge is 0.380 e. The van der Waals surface area contributed by atoms with E-state index in [1.54, 1.807) is 65.0 Å². The number of nitrogens with one attached hydrogen (secondary N) is 1. The van der Waals surface area contributed by atoms with Crippen molar-refractivity contribution < 1.29 is 33.0 Å². The molecule has 0 bridgehead atoms. The lowest BCUT2D eigenvalue weighted by Gasteiger charge is -2.24. The zero-order valence-electron chi connectivity index (χ0n) is 21.0. The summed E-state index contributed by atoms with van der Waals surface area (Å²) in [7, 11) is -3.92. The number of aryl methyl sites for hydroxylation is 1. The summed E-state index contributed by atoms with van der Waals surface area (Å²) in [6.07, 6.45) is -2.13. The van der Waals surface area contributed by atoms with Gasteiger partial charge in [0.25, 0.3) is 5.56 Å². The number of para-hydroxylation sites is 1. The van der Waals surface area contributed by atoms with Crippen LogP contribution in [-0.2, 0) is 23.4 Å². The van der Waals surface area contributed by atoms with E-state index in [9.17, 15) is 24.1 Å². The number of ether oxygens (including phenoxy) is 2. The average molecular weight is 525 g/mol. The third kappa shape index (κ3) is 6.73. The van der Waals surface area contributed by atoms with E-state index in [0.29, 0.717) is 11.3 Å². The van der Waals surface area contributed by atoms with Crippen molar-refractivity contribution in [2.24, 2.45) is 11.8 Å². The number of aliphatic hydroxyl groups is 1. The molecule has 0 amide bonds. The number of aliphatic hydroxyl groups excluding tert-OH is 1. The second kappa shape index (κ2) is 11.6. The predicted molar refractivity (Wildman–Crippen MR) is 131 cm³/mol. The van der Waals surface area contributed by atoms with Crippen LogP contribution in [0.3, 0.4) is 0 Å². The molecule has 1 aliphatic heterocycles. The minimum absolute atomic E-state index is 0.256. The minimum atomic E-state index is -3.92. The Balaban J connectivity index is 1.77. The van der Waals surface area contributed by atoms with Crippen LogP contribution in [0.2, 0.25) is 0 Å². The number of nitrogens with zero attached hydrogens (tertiary/aromatic N) is 1. The van der Waals surface area contributed by atoms with E-state index in [4.69, 9.17) is 18.5 Å². The van der Waals surface area contributed by atoms with Crippen LogP contribution in [0.5, 0.6) is 5.75 Å². The largest absolute Gasteiger partial charge is 0.463 e. The Morgan fingerprint density at radius 2 is 1.89 bits per heavy atom. The van der Waals surface area contributed by atoms with E-state index in [2.05, 4.69) is 4.98 Å². The molecule has 1 aromatic carbocycles. The highest BCUT2D eigenvalue weighted by atomic mass is 31.2. The normalized spacial score (nSPS) is 24.3. The third-order valence-electron chi connectivity index (χ3n) is 5.78. The molecule has 2 aromatic rings. The van der Waals surface area contributed by atoms with Gasteiger partial charge in [-0.1, -0.05) is 32.0 Å². The number of carbonyl (C=O) groups excluding carboxylic acids is 1. The zero-order valence-corrected chi connectivity index (χ0v) is 21.8. The third-order valence-corrected chi connectivity index (χ3v) is 7.80. The summed E-state index contributed by atoms with van der Waals surface area (Å²) < 4.78 is 37.5. The van der Waals surface area contributed by atoms with Gasteiger partial charge in [-0.05, 0) is 32.9 Å². The molecule has 0 aliphatic carbocycles. The first-order valence-electron chi connectivity index (χ1n) is 11.7. The van der Waals surface area contributed by atoms with Gasteiger partial charge >= 0.3 is 19.3 Å². The fraction of sp³-hybridized carbons (Fsp3) is 0.542. The first-order valence-corrected chi connectivity index (χ1v) is 13.5. The summed E-state index contributed by atoms with van der Waals surface area (Å²) in [4.78, 5) is 38.6. The summed E-state index contributed by atoms with van der Waals surface area (Å²) >= 11 is 0. The summed E-state index contributed by atoms with van der Waals surface area (Å²) in [6.45, 7) is 7.91. The number of hydrogen-bond donors (Lipinski definition) is 2. The van der Waals surface area contributed by atoms with Gasteiger partial charge in [-0.2, -0.15) is 0 Å². The van der Waals surface area contributed by atoms with Crippen molar-refractivity contribution in [3.05, 3.63) is 62.9 Å². The Morgan fingerprint density at radius 1 is 1.22 bits per heavy atom. The number of carbonyl (C=O) groups is 1. The van der Waals surface area contributed by atoms with Crippen LogP contribution >= 0.6 is 7.60 Å². The quantitative estimate of drug-likeness (QED) is 0.354. The van der Waals surface area contributed by atoms with Crippen molar-refractivity contribution in [1.29, 1.82) is 0 Å². The van der Waals surface area contributed by atoms with Crippen molar-refractivity contribution in [3.63, 3.8) is 0 Å². The van der Waals surface area contributed by atoms with Gasteiger partial charge in [0.1, 0.15) is 18.1 Å². The molecule has 0 radical (unpaired) electrons. The highest BCUT2D eigenvalue weighted by Gasteiger charge is 2.44. The molecule has 1 aromatic heterocycles. The summed E-state index contributed by atoms with van der Waals surface area (Å²) in [5.41, 5.74) is -0.874.